The Morgan fingerprint density at radius 3 is 2.83 bits per heavy atom. The highest BCUT2D eigenvalue weighted by molar-refractivity contribution is 7.18. The Balaban J connectivity index is 1.63. The van der Waals surface area contributed by atoms with Gasteiger partial charge in [-0.3, -0.25) is 4.79 Å². The molecule has 0 aliphatic carbocycles. The second kappa shape index (κ2) is 6.17. The molecule has 1 saturated heterocycles. The van der Waals surface area contributed by atoms with E-state index in [4.69, 9.17) is 13.9 Å². The molecule has 0 bridgehead atoms. The summed E-state index contributed by atoms with van der Waals surface area (Å²) >= 11 is 1.19. The van der Waals surface area contributed by atoms with Crippen molar-refractivity contribution in [2.45, 2.75) is 13.8 Å². The van der Waals surface area contributed by atoms with E-state index in [9.17, 15) is 9.59 Å². The van der Waals surface area contributed by atoms with Crippen LogP contribution in [0, 0.1) is 12.3 Å². The third kappa shape index (κ3) is 3.46. The third-order valence-electron chi connectivity index (χ3n) is 3.54. The van der Waals surface area contributed by atoms with Crippen molar-refractivity contribution in [3.63, 3.8) is 0 Å². The number of hydrogen-bond acceptors (Lipinski definition) is 6. The van der Waals surface area contributed by atoms with E-state index < -0.39 is 0 Å². The van der Waals surface area contributed by atoms with Gasteiger partial charge in [0, 0.05) is 5.41 Å². The van der Waals surface area contributed by atoms with Gasteiger partial charge >= 0.3 is 5.97 Å². The van der Waals surface area contributed by atoms with E-state index in [2.05, 4.69) is 5.32 Å². The molecule has 6 nitrogen and oxygen atoms in total. The van der Waals surface area contributed by atoms with Crippen LogP contribution in [0.3, 0.4) is 0 Å². The summed E-state index contributed by atoms with van der Waals surface area (Å²) in [5.74, 6) is -0.507. The number of aryl methyl sites for hydroxylation is 1. The average Bonchev–Trinajstić information content (AvgIpc) is 3.12. The molecule has 2 aromatic heterocycles. The van der Waals surface area contributed by atoms with Crippen molar-refractivity contribution >= 4 is 28.2 Å². The van der Waals surface area contributed by atoms with Gasteiger partial charge in [-0.05, 0) is 30.7 Å². The highest BCUT2D eigenvalue weighted by atomic mass is 32.1. The van der Waals surface area contributed by atoms with Crippen molar-refractivity contribution in [1.29, 1.82) is 0 Å². The zero-order valence-electron chi connectivity index (χ0n) is 12.9. The van der Waals surface area contributed by atoms with Crippen molar-refractivity contribution in [3.05, 3.63) is 40.7 Å². The third-order valence-corrected chi connectivity index (χ3v) is 4.67. The monoisotopic (exact) mass is 335 g/mol. The van der Waals surface area contributed by atoms with Crippen LogP contribution in [0.5, 0.6) is 0 Å². The number of carbonyl (C=O) groups excluding carboxylic acids is 2. The van der Waals surface area contributed by atoms with E-state index in [0.717, 1.165) is 5.56 Å². The van der Waals surface area contributed by atoms with Crippen molar-refractivity contribution in [2.75, 3.05) is 25.1 Å². The molecule has 1 N–H and O–H groups in total. The largest absolute Gasteiger partial charge is 0.461 e. The van der Waals surface area contributed by atoms with Crippen LogP contribution in [0.15, 0.2) is 28.9 Å². The zero-order valence-corrected chi connectivity index (χ0v) is 13.7. The summed E-state index contributed by atoms with van der Waals surface area (Å²) in [5, 5.41) is 3.29. The van der Waals surface area contributed by atoms with Crippen molar-refractivity contribution in [1.82, 2.24) is 0 Å². The maximum absolute atomic E-state index is 12.2. The van der Waals surface area contributed by atoms with Gasteiger partial charge in [0.05, 0.1) is 24.5 Å². The highest BCUT2D eigenvalue weighted by Crippen LogP contribution is 2.30. The maximum Gasteiger partial charge on any atom is 0.348 e. The Hall–Kier alpha value is -2.12. The molecule has 0 radical (unpaired) electrons. The number of thiophene rings is 1. The Morgan fingerprint density at radius 2 is 2.22 bits per heavy atom. The molecule has 0 saturated carbocycles. The fourth-order valence-corrected chi connectivity index (χ4v) is 3.13. The molecule has 2 aromatic rings. The Kier molecular flexibility index (Phi) is 4.23. The van der Waals surface area contributed by atoms with Gasteiger partial charge in [0.1, 0.15) is 11.5 Å². The smallest absolute Gasteiger partial charge is 0.348 e. The first kappa shape index (κ1) is 15.8. The quantitative estimate of drug-likeness (QED) is 0.850. The molecule has 122 valence electrons. The van der Waals surface area contributed by atoms with Gasteiger partial charge < -0.3 is 19.2 Å². The highest BCUT2D eigenvalue weighted by Gasteiger charge is 2.35. The molecule has 3 heterocycles. The summed E-state index contributed by atoms with van der Waals surface area (Å²) in [7, 11) is 0. The molecule has 1 amide bonds. The second-order valence-electron chi connectivity index (χ2n) is 5.93. The van der Waals surface area contributed by atoms with Crippen molar-refractivity contribution in [2.24, 2.45) is 5.41 Å². The van der Waals surface area contributed by atoms with Gasteiger partial charge in [-0.2, -0.15) is 0 Å². The molecular weight excluding hydrogens is 318 g/mol. The molecular formula is C16H17NO5S. The second-order valence-corrected chi connectivity index (χ2v) is 6.99. The number of furan rings is 1. The summed E-state index contributed by atoms with van der Waals surface area (Å²) in [6, 6.07) is 4.96. The predicted molar refractivity (Wildman–Crippen MR) is 84.9 cm³/mol. The molecule has 1 aliphatic rings. The molecule has 1 aliphatic heterocycles. The lowest BCUT2D eigenvalue weighted by Gasteiger charge is -2.37. The van der Waals surface area contributed by atoms with Gasteiger partial charge in [0.15, 0.2) is 5.76 Å². The summed E-state index contributed by atoms with van der Waals surface area (Å²) in [6.07, 6.45) is 1.43. The minimum Gasteiger partial charge on any atom is -0.461 e. The first-order chi connectivity index (χ1) is 11.0. The van der Waals surface area contributed by atoms with E-state index >= 15 is 0 Å². The maximum atomic E-state index is 12.2. The SMILES string of the molecule is Cc1cc(NC(=O)c2ccco2)sc1C(=O)OCC1(C)COC1. The first-order valence-electron chi connectivity index (χ1n) is 7.17. The Bertz CT molecular complexity index is 715. The number of rotatable bonds is 5. The molecule has 0 aromatic carbocycles. The molecule has 0 atom stereocenters. The summed E-state index contributed by atoms with van der Waals surface area (Å²) in [4.78, 5) is 24.6. The number of hydrogen-bond donors (Lipinski definition) is 1. The van der Waals surface area contributed by atoms with E-state index in [1.165, 1.54) is 17.6 Å². The first-order valence-corrected chi connectivity index (χ1v) is 7.99. The molecule has 23 heavy (non-hydrogen) atoms. The number of ether oxygens (including phenoxy) is 2. The number of nitrogens with one attached hydrogen (secondary N) is 1. The summed E-state index contributed by atoms with van der Waals surface area (Å²) in [5.41, 5.74) is 0.682. The lowest BCUT2D eigenvalue weighted by Crippen LogP contribution is -2.44. The number of esters is 1. The van der Waals surface area contributed by atoms with Gasteiger partial charge in [0.25, 0.3) is 5.91 Å². The normalized spacial score (nSPS) is 15.7. The molecule has 7 heteroatoms. The number of amides is 1. The van der Waals surface area contributed by atoms with Gasteiger partial charge in [-0.15, -0.1) is 11.3 Å². The lowest BCUT2D eigenvalue weighted by atomic mass is 9.90. The van der Waals surface area contributed by atoms with E-state index in [0.29, 0.717) is 29.7 Å². The van der Waals surface area contributed by atoms with Crippen LogP contribution in [0.25, 0.3) is 0 Å². The van der Waals surface area contributed by atoms with E-state index in [1.807, 2.05) is 13.8 Å². The van der Waals surface area contributed by atoms with E-state index in [-0.39, 0.29) is 23.1 Å². The van der Waals surface area contributed by atoms with Crippen molar-refractivity contribution in [3.8, 4) is 0 Å². The molecule has 0 unspecified atom stereocenters. The average molecular weight is 335 g/mol. The number of anilines is 1. The molecule has 0 spiro atoms. The lowest BCUT2D eigenvalue weighted by molar-refractivity contribution is -0.127. The Labute approximate surface area is 137 Å². The van der Waals surface area contributed by atoms with Gasteiger partial charge in [-0.1, -0.05) is 6.92 Å². The van der Waals surface area contributed by atoms with Crippen LogP contribution in [0.4, 0.5) is 5.00 Å². The van der Waals surface area contributed by atoms with Crippen LogP contribution in [-0.2, 0) is 9.47 Å². The van der Waals surface area contributed by atoms with Crippen molar-refractivity contribution < 1.29 is 23.5 Å². The number of carbonyl (C=O) groups is 2. The minimum absolute atomic E-state index is 0.0862. The summed E-state index contributed by atoms with van der Waals surface area (Å²) < 4.78 is 15.5. The standard InChI is InChI=1S/C16H17NO5S/c1-10-6-12(17-14(18)11-4-3-5-21-11)23-13(10)15(19)22-9-16(2)7-20-8-16/h3-6H,7-9H2,1-2H3,(H,17,18). The van der Waals surface area contributed by atoms with Crippen LogP contribution < -0.4 is 5.32 Å². The van der Waals surface area contributed by atoms with Gasteiger partial charge in [-0.25, -0.2) is 4.79 Å². The summed E-state index contributed by atoms with van der Waals surface area (Å²) in [6.45, 7) is 5.36. The Morgan fingerprint density at radius 1 is 1.43 bits per heavy atom. The topological polar surface area (TPSA) is 77.8 Å². The fraction of sp³-hybridized carbons (Fsp3) is 0.375. The van der Waals surface area contributed by atoms with E-state index in [1.54, 1.807) is 18.2 Å². The molecule has 3 rings (SSSR count). The van der Waals surface area contributed by atoms with Crippen LogP contribution in [0.2, 0.25) is 0 Å². The minimum atomic E-state index is -0.376. The zero-order chi connectivity index (χ0) is 16.4. The van der Waals surface area contributed by atoms with Crippen LogP contribution >= 0.6 is 11.3 Å². The molecule has 1 fully saturated rings. The van der Waals surface area contributed by atoms with Crippen LogP contribution in [0.1, 0.15) is 32.7 Å². The van der Waals surface area contributed by atoms with Crippen LogP contribution in [-0.4, -0.2) is 31.7 Å². The predicted octanol–water partition coefficient (Wildman–Crippen LogP) is 3.10. The van der Waals surface area contributed by atoms with Gasteiger partial charge in [0.2, 0.25) is 0 Å². The fourth-order valence-electron chi connectivity index (χ4n) is 2.17.